The lowest BCUT2D eigenvalue weighted by atomic mass is 9.80. The van der Waals surface area contributed by atoms with Gasteiger partial charge in [0.05, 0.1) is 6.61 Å². The molecule has 0 aliphatic rings. The molecule has 7 heteroatoms. The summed E-state index contributed by atoms with van der Waals surface area (Å²) in [7, 11) is -1.50. The number of halogens is 2. The van der Waals surface area contributed by atoms with Gasteiger partial charge in [0.15, 0.2) is 11.6 Å². The van der Waals surface area contributed by atoms with E-state index in [1.54, 1.807) is 24.3 Å². The van der Waals surface area contributed by atoms with Crippen LogP contribution in [0.5, 0.6) is 5.75 Å². The lowest BCUT2D eigenvalue weighted by Gasteiger charge is -2.07. The molecule has 2 aromatic rings. The molecule has 2 N–H and O–H groups in total. The van der Waals surface area contributed by atoms with Crippen LogP contribution in [-0.4, -0.2) is 29.5 Å². The van der Waals surface area contributed by atoms with Crippen molar-refractivity contribution in [2.45, 2.75) is 4.90 Å². The Morgan fingerprint density at radius 1 is 1.00 bits per heavy atom. The van der Waals surface area contributed by atoms with Gasteiger partial charge in [-0.05, 0) is 35.8 Å². The number of thioether (sulfide) groups is 1. The normalized spacial score (nSPS) is 10.5. The first-order valence-electron chi connectivity index (χ1n) is 6.23. The summed E-state index contributed by atoms with van der Waals surface area (Å²) in [6, 6.07) is 10.1. The van der Waals surface area contributed by atoms with Crippen LogP contribution in [0, 0.1) is 11.6 Å². The lowest BCUT2D eigenvalue weighted by Crippen LogP contribution is -2.29. The minimum Gasteiger partial charge on any atom is -0.493 e. The SMILES string of the molecule is OB(O)c1ccc(OCCSc2ccc(F)c(F)c2)cc1. The second-order valence-electron chi connectivity index (χ2n) is 4.22. The first kappa shape index (κ1) is 15.8. The minimum atomic E-state index is -1.50. The molecule has 3 nitrogen and oxygen atoms in total. The van der Waals surface area contributed by atoms with Gasteiger partial charge in [-0.15, -0.1) is 11.8 Å². The van der Waals surface area contributed by atoms with Crippen LogP contribution in [-0.2, 0) is 0 Å². The van der Waals surface area contributed by atoms with E-state index in [1.165, 1.54) is 17.8 Å². The van der Waals surface area contributed by atoms with E-state index in [9.17, 15) is 8.78 Å². The number of ether oxygens (including phenoxy) is 1. The van der Waals surface area contributed by atoms with Gasteiger partial charge < -0.3 is 14.8 Å². The molecular weight excluding hydrogens is 297 g/mol. The van der Waals surface area contributed by atoms with Crippen LogP contribution >= 0.6 is 11.8 Å². The number of hydrogen-bond donors (Lipinski definition) is 2. The monoisotopic (exact) mass is 310 g/mol. The summed E-state index contributed by atoms with van der Waals surface area (Å²) in [5.74, 6) is -0.541. The van der Waals surface area contributed by atoms with Crippen LogP contribution in [0.2, 0.25) is 0 Å². The maximum Gasteiger partial charge on any atom is 0.488 e. The fourth-order valence-electron chi connectivity index (χ4n) is 1.62. The van der Waals surface area contributed by atoms with E-state index in [-0.39, 0.29) is 0 Å². The van der Waals surface area contributed by atoms with E-state index < -0.39 is 18.8 Å². The van der Waals surface area contributed by atoms with Crippen molar-refractivity contribution in [3.63, 3.8) is 0 Å². The molecule has 0 heterocycles. The highest BCUT2D eigenvalue weighted by Gasteiger charge is 2.09. The Labute approximate surface area is 125 Å². The van der Waals surface area contributed by atoms with E-state index in [2.05, 4.69) is 0 Å². The molecule has 0 aliphatic heterocycles. The van der Waals surface area contributed by atoms with Crippen LogP contribution in [0.3, 0.4) is 0 Å². The summed E-state index contributed by atoms with van der Waals surface area (Å²) in [5, 5.41) is 17.9. The third-order valence-electron chi connectivity index (χ3n) is 2.69. The van der Waals surface area contributed by atoms with E-state index in [1.807, 2.05) is 0 Å². The van der Waals surface area contributed by atoms with Gasteiger partial charge >= 0.3 is 7.12 Å². The summed E-state index contributed by atoms with van der Waals surface area (Å²) < 4.78 is 31.2. The molecule has 0 saturated carbocycles. The highest BCUT2D eigenvalue weighted by atomic mass is 32.2. The Morgan fingerprint density at radius 3 is 2.33 bits per heavy atom. The van der Waals surface area contributed by atoms with Gasteiger partial charge in [0.2, 0.25) is 0 Å². The summed E-state index contributed by atoms with van der Waals surface area (Å²) in [6.45, 7) is 0.394. The molecule has 2 aromatic carbocycles. The predicted octanol–water partition coefficient (Wildman–Crippen LogP) is 1.82. The van der Waals surface area contributed by atoms with E-state index in [0.29, 0.717) is 28.5 Å². The molecular formula is C14H13BF2O3S. The van der Waals surface area contributed by atoms with E-state index in [0.717, 1.165) is 12.1 Å². The Balaban J connectivity index is 1.77. The van der Waals surface area contributed by atoms with Crippen LogP contribution in [0.4, 0.5) is 8.78 Å². The molecule has 21 heavy (non-hydrogen) atoms. The molecule has 0 aromatic heterocycles. The van der Waals surface area contributed by atoms with Crippen LogP contribution in [0.15, 0.2) is 47.4 Å². The van der Waals surface area contributed by atoms with Crippen molar-refractivity contribution in [3.8, 4) is 5.75 Å². The Kier molecular flexibility index (Phi) is 5.61. The van der Waals surface area contributed by atoms with Crippen molar-refractivity contribution in [1.82, 2.24) is 0 Å². The molecule has 0 saturated heterocycles. The first-order chi connectivity index (χ1) is 10.1. The molecule has 0 aliphatic carbocycles. The maximum atomic E-state index is 13.0. The van der Waals surface area contributed by atoms with Crippen LogP contribution < -0.4 is 10.2 Å². The molecule has 0 spiro atoms. The topological polar surface area (TPSA) is 49.7 Å². The molecule has 0 fully saturated rings. The highest BCUT2D eigenvalue weighted by Crippen LogP contribution is 2.20. The van der Waals surface area contributed by atoms with Crippen molar-refractivity contribution < 1.29 is 23.6 Å². The standard InChI is InChI=1S/C14H13BF2O3S/c16-13-6-5-12(9-14(13)17)21-8-7-20-11-3-1-10(2-4-11)15(18)19/h1-6,9,18-19H,7-8H2. The second kappa shape index (κ2) is 7.45. The highest BCUT2D eigenvalue weighted by molar-refractivity contribution is 7.99. The third-order valence-corrected chi connectivity index (χ3v) is 3.65. The predicted molar refractivity (Wildman–Crippen MR) is 78.8 cm³/mol. The molecule has 0 amide bonds. The number of benzene rings is 2. The third kappa shape index (κ3) is 4.73. The Bertz CT molecular complexity index is 593. The zero-order valence-corrected chi connectivity index (χ0v) is 11.8. The van der Waals surface area contributed by atoms with E-state index in [4.69, 9.17) is 14.8 Å². The molecule has 0 unspecified atom stereocenters. The van der Waals surface area contributed by atoms with Gasteiger partial charge in [-0.25, -0.2) is 8.78 Å². The van der Waals surface area contributed by atoms with Crippen molar-refractivity contribution in [2.75, 3.05) is 12.4 Å². The quantitative estimate of drug-likeness (QED) is 0.485. The molecule has 0 atom stereocenters. The van der Waals surface area contributed by atoms with Crippen LogP contribution in [0.1, 0.15) is 0 Å². The van der Waals surface area contributed by atoms with E-state index >= 15 is 0 Å². The number of hydrogen-bond acceptors (Lipinski definition) is 4. The van der Waals surface area contributed by atoms with Gasteiger partial charge in [-0.1, -0.05) is 12.1 Å². The molecule has 0 radical (unpaired) electrons. The fraction of sp³-hybridized carbons (Fsp3) is 0.143. The average molecular weight is 310 g/mol. The van der Waals surface area contributed by atoms with Gasteiger partial charge in [-0.3, -0.25) is 0 Å². The Hall–Kier alpha value is -1.57. The first-order valence-corrected chi connectivity index (χ1v) is 7.21. The van der Waals surface area contributed by atoms with Crippen molar-refractivity contribution in [1.29, 1.82) is 0 Å². The van der Waals surface area contributed by atoms with Crippen LogP contribution in [0.25, 0.3) is 0 Å². The van der Waals surface area contributed by atoms with Gasteiger partial charge in [0.1, 0.15) is 5.75 Å². The largest absolute Gasteiger partial charge is 0.493 e. The van der Waals surface area contributed by atoms with Crippen molar-refractivity contribution >= 4 is 24.3 Å². The molecule has 0 bridgehead atoms. The summed E-state index contributed by atoms with van der Waals surface area (Å²) >= 11 is 1.36. The second-order valence-corrected chi connectivity index (χ2v) is 5.38. The average Bonchev–Trinajstić information content (AvgIpc) is 2.47. The van der Waals surface area contributed by atoms with Gasteiger partial charge in [0, 0.05) is 10.6 Å². The lowest BCUT2D eigenvalue weighted by molar-refractivity contribution is 0.344. The number of rotatable bonds is 6. The maximum absolute atomic E-state index is 13.0. The van der Waals surface area contributed by atoms with Crippen molar-refractivity contribution in [2.24, 2.45) is 0 Å². The summed E-state index contributed by atoms with van der Waals surface area (Å²) in [4.78, 5) is 0.635. The molecule has 2 rings (SSSR count). The summed E-state index contributed by atoms with van der Waals surface area (Å²) in [6.07, 6.45) is 0. The minimum absolute atomic E-state index is 0.388. The fourth-order valence-corrected chi connectivity index (χ4v) is 2.38. The van der Waals surface area contributed by atoms with Crippen molar-refractivity contribution in [3.05, 3.63) is 54.1 Å². The summed E-state index contributed by atoms with van der Waals surface area (Å²) in [5.41, 5.74) is 0.388. The zero-order chi connectivity index (χ0) is 15.2. The molecule has 110 valence electrons. The smallest absolute Gasteiger partial charge is 0.488 e. The van der Waals surface area contributed by atoms with Gasteiger partial charge in [0.25, 0.3) is 0 Å². The Morgan fingerprint density at radius 2 is 1.71 bits per heavy atom. The zero-order valence-electron chi connectivity index (χ0n) is 11.0. The van der Waals surface area contributed by atoms with Gasteiger partial charge in [-0.2, -0.15) is 0 Å².